The van der Waals surface area contributed by atoms with Gasteiger partial charge in [-0.05, 0) is 31.3 Å². The van der Waals surface area contributed by atoms with Crippen molar-refractivity contribution in [3.63, 3.8) is 0 Å². The van der Waals surface area contributed by atoms with Crippen molar-refractivity contribution in [3.05, 3.63) is 38.5 Å². The number of hydrogen-bond acceptors (Lipinski definition) is 7. The summed E-state index contributed by atoms with van der Waals surface area (Å²) in [6.45, 7) is 2.51. The fourth-order valence-corrected chi connectivity index (χ4v) is 2.25. The number of nitrogens with one attached hydrogen (secondary N) is 1. The predicted octanol–water partition coefficient (Wildman–Crippen LogP) is 1.27. The molecule has 0 spiro atoms. The second kappa shape index (κ2) is 6.21. The Morgan fingerprint density at radius 2 is 2.22 bits per heavy atom. The van der Waals surface area contributed by atoms with E-state index in [1.807, 2.05) is 0 Å². The smallest absolute Gasteiger partial charge is 0.296 e. The molecule has 0 saturated heterocycles. The molecule has 1 aromatic heterocycles. The van der Waals surface area contributed by atoms with Crippen LogP contribution in [0.25, 0.3) is 0 Å². The highest BCUT2D eigenvalue weighted by Gasteiger charge is 2.18. The summed E-state index contributed by atoms with van der Waals surface area (Å²) in [4.78, 5) is 12.0. The zero-order valence-corrected chi connectivity index (χ0v) is 13.3. The van der Waals surface area contributed by atoms with Gasteiger partial charge >= 0.3 is 0 Å². The number of aryl methyl sites for hydroxylation is 1. The number of fused-ring (bicyclic) bond motifs is 1. The molecular formula is C14H14N4O4S. The third-order valence-corrected chi connectivity index (χ3v) is 3.45. The van der Waals surface area contributed by atoms with E-state index >= 15 is 0 Å². The molecule has 1 aromatic carbocycles. The van der Waals surface area contributed by atoms with Crippen molar-refractivity contribution < 1.29 is 14.2 Å². The first kappa shape index (κ1) is 15.2. The summed E-state index contributed by atoms with van der Waals surface area (Å²) in [5, 5.41) is 10.5. The van der Waals surface area contributed by atoms with Crippen LogP contribution in [0.5, 0.6) is 17.2 Å². The van der Waals surface area contributed by atoms with Gasteiger partial charge in [0.15, 0.2) is 11.5 Å². The van der Waals surface area contributed by atoms with Crippen molar-refractivity contribution in [2.24, 2.45) is 5.10 Å². The minimum Gasteiger partial charge on any atom is -0.493 e. The summed E-state index contributed by atoms with van der Waals surface area (Å²) in [6.07, 6.45) is 1.49. The molecule has 0 fully saturated rings. The summed E-state index contributed by atoms with van der Waals surface area (Å²) >= 11 is 5.02. The van der Waals surface area contributed by atoms with Gasteiger partial charge in [-0.25, -0.2) is 0 Å². The van der Waals surface area contributed by atoms with E-state index in [4.69, 9.17) is 26.4 Å². The Morgan fingerprint density at radius 3 is 3.00 bits per heavy atom. The highest BCUT2D eigenvalue weighted by Crippen LogP contribution is 2.39. The maximum Gasteiger partial charge on any atom is 0.296 e. The van der Waals surface area contributed by atoms with Crippen LogP contribution in [0.1, 0.15) is 11.3 Å². The minimum atomic E-state index is -0.380. The van der Waals surface area contributed by atoms with Crippen LogP contribution in [0.15, 0.2) is 22.0 Å². The summed E-state index contributed by atoms with van der Waals surface area (Å²) in [7, 11) is 1.54. The molecule has 0 amide bonds. The number of ether oxygens (including phenoxy) is 3. The topological polar surface area (TPSA) is 90.7 Å². The van der Waals surface area contributed by atoms with Crippen molar-refractivity contribution >= 4 is 18.4 Å². The standard InChI is InChI=1S/C14H14N4O4S/c1-8-13(19)18(14(23)17-16-8)15-7-9-5-10(20-2)12-11(6-9)21-3-4-22-12/h5-7H,3-4H2,1-2H3,(H,17,23)/b15-7-. The van der Waals surface area contributed by atoms with E-state index in [9.17, 15) is 4.79 Å². The molecule has 0 atom stereocenters. The predicted molar refractivity (Wildman–Crippen MR) is 85.4 cm³/mol. The van der Waals surface area contributed by atoms with Gasteiger partial charge in [-0.1, -0.05) is 0 Å². The molecule has 23 heavy (non-hydrogen) atoms. The largest absolute Gasteiger partial charge is 0.493 e. The number of methoxy groups -OCH3 is 1. The van der Waals surface area contributed by atoms with Crippen LogP contribution in [0, 0.1) is 11.7 Å². The van der Waals surface area contributed by atoms with Crippen molar-refractivity contribution in [3.8, 4) is 17.2 Å². The van der Waals surface area contributed by atoms with Gasteiger partial charge in [0.1, 0.15) is 18.9 Å². The Kier molecular flexibility index (Phi) is 4.11. The zero-order valence-electron chi connectivity index (χ0n) is 12.5. The SMILES string of the molecule is COc1cc(/C=N\n2c(=S)[nH]nc(C)c2=O)cc2c1OCCO2. The van der Waals surface area contributed by atoms with Crippen molar-refractivity contribution in [1.29, 1.82) is 0 Å². The maximum absolute atomic E-state index is 12.0. The Labute approximate surface area is 136 Å². The van der Waals surface area contributed by atoms with Gasteiger partial charge in [-0.15, -0.1) is 0 Å². The average Bonchev–Trinajstić information content (AvgIpc) is 2.57. The number of H-pyrrole nitrogens is 1. The molecule has 3 rings (SSSR count). The van der Waals surface area contributed by atoms with Crippen LogP contribution >= 0.6 is 12.2 Å². The Balaban J connectivity index is 2.02. The molecule has 9 heteroatoms. The highest BCUT2D eigenvalue weighted by atomic mass is 32.1. The third-order valence-electron chi connectivity index (χ3n) is 3.19. The van der Waals surface area contributed by atoms with Crippen molar-refractivity contribution in [2.45, 2.75) is 6.92 Å². The van der Waals surface area contributed by atoms with Gasteiger partial charge in [-0.3, -0.25) is 9.89 Å². The van der Waals surface area contributed by atoms with E-state index in [1.165, 1.54) is 6.21 Å². The number of nitrogens with zero attached hydrogens (tertiary/aromatic N) is 3. The Morgan fingerprint density at radius 1 is 1.43 bits per heavy atom. The Bertz CT molecular complexity index is 870. The summed E-state index contributed by atoms with van der Waals surface area (Å²) in [6, 6.07) is 3.50. The van der Waals surface area contributed by atoms with Gasteiger partial charge in [0.05, 0.1) is 13.3 Å². The fraction of sp³-hybridized carbons (Fsp3) is 0.286. The number of aromatic nitrogens is 3. The summed E-state index contributed by atoms with van der Waals surface area (Å²) in [5.74, 6) is 1.66. The summed E-state index contributed by atoms with van der Waals surface area (Å²) < 4.78 is 17.6. The van der Waals surface area contributed by atoms with Crippen LogP contribution in [0.4, 0.5) is 0 Å². The lowest BCUT2D eigenvalue weighted by Crippen LogP contribution is -2.22. The molecule has 8 nitrogen and oxygen atoms in total. The molecule has 2 heterocycles. The van der Waals surface area contributed by atoms with Gasteiger partial charge in [0.25, 0.3) is 5.56 Å². The molecule has 0 aliphatic carbocycles. The van der Waals surface area contributed by atoms with E-state index in [0.717, 1.165) is 4.68 Å². The van der Waals surface area contributed by atoms with Crippen molar-refractivity contribution in [2.75, 3.05) is 20.3 Å². The number of hydrogen-bond donors (Lipinski definition) is 1. The van der Waals surface area contributed by atoms with Crippen LogP contribution in [0.3, 0.4) is 0 Å². The molecule has 0 radical (unpaired) electrons. The molecule has 0 saturated carbocycles. The first-order valence-electron chi connectivity index (χ1n) is 6.80. The summed E-state index contributed by atoms with van der Waals surface area (Å²) in [5.41, 5.74) is 0.576. The van der Waals surface area contributed by atoms with E-state index in [-0.39, 0.29) is 16.0 Å². The van der Waals surface area contributed by atoms with Gasteiger partial charge in [0.2, 0.25) is 10.5 Å². The zero-order chi connectivity index (χ0) is 16.4. The monoisotopic (exact) mass is 334 g/mol. The normalized spacial score (nSPS) is 13.3. The highest BCUT2D eigenvalue weighted by molar-refractivity contribution is 7.71. The molecule has 0 unspecified atom stereocenters. The second-order valence-corrected chi connectivity index (χ2v) is 5.11. The van der Waals surface area contributed by atoms with Crippen LogP contribution in [-0.2, 0) is 0 Å². The lowest BCUT2D eigenvalue weighted by molar-refractivity contribution is 0.165. The number of benzene rings is 1. The van der Waals surface area contributed by atoms with Gasteiger partial charge in [0, 0.05) is 5.56 Å². The van der Waals surface area contributed by atoms with Crippen LogP contribution in [0.2, 0.25) is 0 Å². The molecular weight excluding hydrogens is 320 g/mol. The molecule has 1 N–H and O–H groups in total. The number of aromatic amines is 1. The molecule has 2 aromatic rings. The van der Waals surface area contributed by atoms with Crippen molar-refractivity contribution in [1.82, 2.24) is 14.9 Å². The maximum atomic E-state index is 12.0. The van der Waals surface area contributed by atoms with Gasteiger partial charge in [-0.2, -0.15) is 14.9 Å². The van der Waals surface area contributed by atoms with Crippen LogP contribution in [-0.4, -0.2) is 41.4 Å². The van der Waals surface area contributed by atoms with E-state index in [2.05, 4.69) is 15.3 Å². The minimum absolute atomic E-state index is 0.112. The molecule has 0 bridgehead atoms. The average molecular weight is 334 g/mol. The molecule has 1 aliphatic heterocycles. The van der Waals surface area contributed by atoms with E-state index < -0.39 is 0 Å². The lowest BCUT2D eigenvalue weighted by atomic mass is 10.2. The van der Waals surface area contributed by atoms with Crippen LogP contribution < -0.4 is 19.8 Å². The van der Waals surface area contributed by atoms with Gasteiger partial charge < -0.3 is 14.2 Å². The fourth-order valence-electron chi connectivity index (χ4n) is 2.07. The molecule has 120 valence electrons. The first-order chi connectivity index (χ1) is 11.1. The Hall–Kier alpha value is -2.68. The lowest BCUT2D eigenvalue weighted by Gasteiger charge is -2.20. The third kappa shape index (κ3) is 2.95. The van der Waals surface area contributed by atoms with E-state index in [0.29, 0.717) is 36.0 Å². The second-order valence-electron chi connectivity index (χ2n) is 4.72. The quantitative estimate of drug-likeness (QED) is 0.671. The van der Waals surface area contributed by atoms with E-state index in [1.54, 1.807) is 26.2 Å². The first-order valence-corrected chi connectivity index (χ1v) is 7.21. The molecule has 1 aliphatic rings. The number of rotatable bonds is 3.